The van der Waals surface area contributed by atoms with Crippen LogP contribution in [-0.2, 0) is 10.0 Å². The van der Waals surface area contributed by atoms with Crippen molar-refractivity contribution in [3.63, 3.8) is 0 Å². The van der Waals surface area contributed by atoms with E-state index in [1.807, 2.05) is 13.8 Å². The minimum atomic E-state index is -3.67. The van der Waals surface area contributed by atoms with Gasteiger partial charge in [0, 0.05) is 29.0 Å². The summed E-state index contributed by atoms with van der Waals surface area (Å²) in [5.74, 6) is -0.434. The van der Waals surface area contributed by atoms with Gasteiger partial charge in [0.15, 0.2) is 5.65 Å². The summed E-state index contributed by atoms with van der Waals surface area (Å²) in [6, 6.07) is 6.40. The van der Waals surface area contributed by atoms with Crippen molar-refractivity contribution in [2.75, 3.05) is 18.4 Å². The highest BCUT2D eigenvalue weighted by atomic mass is 79.9. The Morgan fingerprint density at radius 2 is 1.90 bits per heavy atom. The molecule has 0 fully saturated rings. The van der Waals surface area contributed by atoms with E-state index in [2.05, 4.69) is 31.3 Å². The fraction of sp³-hybridized carbons (Fsp3) is 0.350. The Kier molecular flexibility index (Phi) is 6.59. The molecule has 0 saturated carbocycles. The molecule has 0 aliphatic rings. The number of fused-ring (bicyclic) bond motifs is 1. The Morgan fingerprint density at radius 1 is 1.20 bits per heavy atom. The van der Waals surface area contributed by atoms with Crippen molar-refractivity contribution in [2.24, 2.45) is 0 Å². The quantitative estimate of drug-likeness (QED) is 0.535. The first kappa shape index (κ1) is 22.4. The molecule has 8 nitrogen and oxygen atoms in total. The van der Waals surface area contributed by atoms with Gasteiger partial charge >= 0.3 is 0 Å². The molecule has 160 valence electrons. The molecule has 1 N–H and O–H groups in total. The van der Waals surface area contributed by atoms with Gasteiger partial charge in [-0.15, -0.1) is 0 Å². The zero-order valence-corrected chi connectivity index (χ0v) is 19.7. The van der Waals surface area contributed by atoms with E-state index >= 15 is 0 Å². The number of amides is 1. The number of carbonyl (C=O) groups excluding carboxylic acids is 1. The summed E-state index contributed by atoms with van der Waals surface area (Å²) in [5.41, 5.74) is 1.46. The van der Waals surface area contributed by atoms with Crippen LogP contribution < -0.4 is 5.32 Å². The highest BCUT2D eigenvalue weighted by molar-refractivity contribution is 9.10. The standard InChI is InChI=1S/C20H24BrN5O3S/c1-5-25(6-2)30(28,29)16-7-8-18(21)17(10-16)20(27)24-15-9-14-11-23-26(13(3)4)19(14)22-12-15/h7-13H,5-6H2,1-4H3,(H,24,27). The van der Waals surface area contributed by atoms with Crippen molar-refractivity contribution in [3.8, 4) is 0 Å². The molecule has 0 aliphatic carbocycles. The van der Waals surface area contributed by atoms with Crippen LogP contribution >= 0.6 is 15.9 Å². The number of anilines is 1. The molecule has 0 aliphatic heterocycles. The number of nitrogens with one attached hydrogen (secondary N) is 1. The highest BCUT2D eigenvalue weighted by Crippen LogP contribution is 2.25. The molecule has 30 heavy (non-hydrogen) atoms. The largest absolute Gasteiger partial charge is 0.321 e. The number of nitrogens with zero attached hydrogens (tertiary/aromatic N) is 4. The van der Waals surface area contributed by atoms with E-state index in [4.69, 9.17) is 0 Å². The van der Waals surface area contributed by atoms with Crippen molar-refractivity contribution < 1.29 is 13.2 Å². The summed E-state index contributed by atoms with van der Waals surface area (Å²) in [6.07, 6.45) is 3.26. The monoisotopic (exact) mass is 493 g/mol. The molecule has 0 unspecified atom stereocenters. The predicted molar refractivity (Wildman–Crippen MR) is 120 cm³/mol. The van der Waals surface area contributed by atoms with Crippen LogP contribution in [0.15, 0.2) is 46.0 Å². The lowest BCUT2D eigenvalue weighted by molar-refractivity contribution is 0.102. The summed E-state index contributed by atoms with van der Waals surface area (Å²) in [7, 11) is -3.67. The van der Waals surface area contributed by atoms with Gasteiger partial charge in [0.05, 0.1) is 28.5 Å². The molecule has 1 amide bonds. The van der Waals surface area contributed by atoms with Gasteiger partial charge in [-0.3, -0.25) is 4.79 Å². The molecule has 2 heterocycles. The van der Waals surface area contributed by atoms with E-state index in [0.29, 0.717) is 23.2 Å². The number of rotatable bonds is 7. The maximum atomic E-state index is 12.9. The Balaban J connectivity index is 1.91. The number of benzene rings is 1. The van der Waals surface area contributed by atoms with Gasteiger partial charge in [-0.1, -0.05) is 13.8 Å². The van der Waals surface area contributed by atoms with Gasteiger partial charge in [-0.25, -0.2) is 18.1 Å². The van der Waals surface area contributed by atoms with E-state index in [9.17, 15) is 13.2 Å². The molecule has 10 heteroatoms. The Bertz CT molecular complexity index is 1190. The van der Waals surface area contributed by atoms with E-state index in [1.165, 1.54) is 16.4 Å². The van der Waals surface area contributed by atoms with Gasteiger partial charge in [0.25, 0.3) is 5.91 Å². The van der Waals surface area contributed by atoms with Crippen molar-refractivity contribution in [1.29, 1.82) is 0 Å². The molecule has 0 radical (unpaired) electrons. The van der Waals surface area contributed by atoms with Gasteiger partial charge in [0.2, 0.25) is 10.0 Å². The molecule has 0 bridgehead atoms. The normalized spacial score (nSPS) is 12.1. The minimum absolute atomic E-state index is 0.0753. The number of carbonyl (C=O) groups is 1. The van der Waals surface area contributed by atoms with Crippen LogP contribution in [0.4, 0.5) is 5.69 Å². The zero-order chi connectivity index (χ0) is 22.1. The van der Waals surface area contributed by atoms with Crippen LogP contribution in [-0.4, -0.2) is 46.5 Å². The number of halogens is 1. The first-order valence-corrected chi connectivity index (χ1v) is 11.9. The van der Waals surface area contributed by atoms with Crippen LogP contribution in [0.5, 0.6) is 0 Å². The zero-order valence-electron chi connectivity index (χ0n) is 17.3. The fourth-order valence-electron chi connectivity index (χ4n) is 3.14. The van der Waals surface area contributed by atoms with E-state index in [-0.39, 0.29) is 16.5 Å². The van der Waals surface area contributed by atoms with Crippen LogP contribution in [0.2, 0.25) is 0 Å². The maximum absolute atomic E-state index is 12.9. The first-order valence-electron chi connectivity index (χ1n) is 9.63. The second kappa shape index (κ2) is 8.83. The Hall–Kier alpha value is -2.30. The molecule has 3 rings (SSSR count). The third-order valence-electron chi connectivity index (χ3n) is 4.71. The molecule has 0 saturated heterocycles. The summed E-state index contributed by atoms with van der Waals surface area (Å²) in [5, 5.41) is 7.91. The third-order valence-corrected chi connectivity index (χ3v) is 7.44. The lowest BCUT2D eigenvalue weighted by Gasteiger charge is -2.19. The molecule has 2 aromatic heterocycles. The summed E-state index contributed by atoms with van der Waals surface area (Å²) in [4.78, 5) is 17.4. The van der Waals surface area contributed by atoms with E-state index in [0.717, 1.165) is 11.0 Å². The average Bonchev–Trinajstić information content (AvgIpc) is 3.12. The van der Waals surface area contributed by atoms with E-state index < -0.39 is 15.9 Å². The van der Waals surface area contributed by atoms with Crippen LogP contribution in [0.25, 0.3) is 11.0 Å². The summed E-state index contributed by atoms with van der Waals surface area (Å²) in [6.45, 7) is 8.29. The van der Waals surface area contributed by atoms with Gasteiger partial charge in [-0.2, -0.15) is 9.40 Å². The van der Waals surface area contributed by atoms with Crippen molar-refractivity contribution >= 4 is 48.6 Å². The van der Waals surface area contributed by atoms with Gasteiger partial charge in [-0.05, 0) is 54.0 Å². The van der Waals surface area contributed by atoms with Crippen molar-refractivity contribution in [3.05, 3.63) is 46.7 Å². The van der Waals surface area contributed by atoms with Gasteiger partial charge < -0.3 is 5.32 Å². The molecule has 1 aromatic carbocycles. The van der Waals surface area contributed by atoms with Crippen LogP contribution in [0.3, 0.4) is 0 Å². The first-order chi connectivity index (χ1) is 14.2. The average molecular weight is 494 g/mol. The highest BCUT2D eigenvalue weighted by Gasteiger charge is 2.24. The van der Waals surface area contributed by atoms with Crippen LogP contribution in [0.1, 0.15) is 44.1 Å². The van der Waals surface area contributed by atoms with Crippen LogP contribution in [0, 0.1) is 0 Å². The maximum Gasteiger partial charge on any atom is 0.256 e. The van der Waals surface area contributed by atoms with E-state index in [1.54, 1.807) is 43.1 Å². The fourth-order valence-corrected chi connectivity index (χ4v) is 5.05. The molecule has 0 spiro atoms. The lowest BCUT2D eigenvalue weighted by atomic mass is 10.2. The summed E-state index contributed by atoms with van der Waals surface area (Å²) < 4.78 is 29.3. The lowest BCUT2D eigenvalue weighted by Crippen LogP contribution is -2.30. The number of hydrogen-bond donors (Lipinski definition) is 1. The second-order valence-electron chi connectivity index (χ2n) is 7.00. The number of hydrogen-bond acceptors (Lipinski definition) is 5. The Labute approximate surface area is 184 Å². The summed E-state index contributed by atoms with van der Waals surface area (Å²) >= 11 is 3.34. The smallest absolute Gasteiger partial charge is 0.256 e. The van der Waals surface area contributed by atoms with Crippen molar-refractivity contribution in [2.45, 2.75) is 38.6 Å². The molecule has 3 aromatic rings. The number of sulfonamides is 1. The Morgan fingerprint density at radius 3 is 2.53 bits per heavy atom. The topological polar surface area (TPSA) is 97.2 Å². The predicted octanol–water partition coefficient (Wildman–Crippen LogP) is 4.06. The van der Waals surface area contributed by atoms with Crippen molar-refractivity contribution in [1.82, 2.24) is 19.1 Å². The molecular weight excluding hydrogens is 470 g/mol. The second-order valence-corrected chi connectivity index (χ2v) is 9.80. The number of pyridine rings is 1. The SMILES string of the molecule is CCN(CC)S(=O)(=O)c1ccc(Br)c(C(=O)Nc2cnc3c(cnn3C(C)C)c2)c1. The molecular formula is C20H24BrN5O3S. The molecule has 0 atom stereocenters. The minimum Gasteiger partial charge on any atom is -0.321 e. The van der Waals surface area contributed by atoms with Gasteiger partial charge in [0.1, 0.15) is 0 Å². The third kappa shape index (κ3) is 4.26. The number of aromatic nitrogens is 3.